The first-order chi connectivity index (χ1) is 18.6. The molecule has 0 spiro atoms. The van der Waals surface area contributed by atoms with Crippen LogP contribution < -0.4 is 14.8 Å². The number of ether oxygens (including phenoxy) is 3. The molecule has 198 valence electrons. The molecule has 0 aliphatic rings. The van der Waals surface area contributed by atoms with Crippen LogP contribution in [0.1, 0.15) is 15.9 Å². The van der Waals surface area contributed by atoms with E-state index in [9.17, 15) is 35.1 Å². The zero-order valence-electron chi connectivity index (χ0n) is 20.2. The predicted molar refractivity (Wildman–Crippen MR) is 138 cm³/mol. The molecule has 0 saturated heterocycles. The normalized spacial score (nSPS) is 10.7. The van der Waals surface area contributed by atoms with E-state index in [2.05, 4.69) is 10.1 Å². The standard InChI is InChI=1S/C25H17ClN4O9/c1-37-22-11-14(9-16(13-27)24(31)28-17-5-3-15(4-6-17)25(32)38-2)10-19(26)23(22)39-21-8-7-18(29(33)34)12-20(21)30(35)36/h3-12H,1-2H3,(H,28,31)/b16-9+. The average Bonchev–Trinajstić information content (AvgIpc) is 2.92. The molecule has 1 N–H and O–H groups in total. The number of carbonyl (C=O) groups excluding carboxylic acids is 2. The summed E-state index contributed by atoms with van der Waals surface area (Å²) in [6.45, 7) is 0. The molecular formula is C25H17ClN4O9. The number of non-ortho nitro benzene ring substituents is 1. The molecule has 0 aliphatic heterocycles. The lowest BCUT2D eigenvalue weighted by atomic mass is 10.1. The lowest BCUT2D eigenvalue weighted by molar-refractivity contribution is -0.394. The molecule has 3 rings (SSSR count). The number of nitriles is 1. The van der Waals surface area contributed by atoms with Crippen LogP contribution in [-0.4, -0.2) is 35.9 Å². The van der Waals surface area contributed by atoms with Gasteiger partial charge in [-0.15, -0.1) is 0 Å². The van der Waals surface area contributed by atoms with E-state index >= 15 is 0 Å². The van der Waals surface area contributed by atoms with Crippen LogP contribution >= 0.6 is 11.6 Å². The first-order valence-corrected chi connectivity index (χ1v) is 11.1. The van der Waals surface area contributed by atoms with Gasteiger partial charge in [-0.25, -0.2) is 4.79 Å². The zero-order chi connectivity index (χ0) is 28.7. The number of amides is 1. The van der Waals surface area contributed by atoms with Gasteiger partial charge in [0.25, 0.3) is 11.6 Å². The Bertz CT molecular complexity index is 1550. The monoisotopic (exact) mass is 552 g/mol. The zero-order valence-corrected chi connectivity index (χ0v) is 20.9. The molecule has 0 heterocycles. The second kappa shape index (κ2) is 12.2. The van der Waals surface area contributed by atoms with E-state index in [0.717, 1.165) is 18.2 Å². The van der Waals surface area contributed by atoms with E-state index in [1.807, 2.05) is 0 Å². The molecule has 0 aliphatic carbocycles. The van der Waals surface area contributed by atoms with Gasteiger partial charge in [0.1, 0.15) is 11.6 Å². The Labute approximate surface area is 225 Å². The summed E-state index contributed by atoms with van der Waals surface area (Å²) in [6, 6.07) is 13.1. The smallest absolute Gasteiger partial charge is 0.337 e. The molecule has 0 bridgehead atoms. The van der Waals surface area contributed by atoms with Crippen LogP contribution in [0.4, 0.5) is 17.1 Å². The summed E-state index contributed by atoms with van der Waals surface area (Å²) in [6.07, 6.45) is 1.23. The first-order valence-electron chi connectivity index (χ1n) is 10.7. The highest BCUT2D eigenvalue weighted by atomic mass is 35.5. The van der Waals surface area contributed by atoms with Crippen molar-refractivity contribution >= 4 is 46.6 Å². The van der Waals surface area contributed by atoms with Crippen molar-refractivity contribution in [3.63, 3.8) is 0 Å². The number of methoxy groups -OCH3 is 2. The molecule has 3 aromatic carbocycles. The molecule has 0 unspecified atom stereocenters. The topological polar surface area (TPSA) is 184 Å². The number of esters is 1. The molecule has 0 atom stereocenters. The number of rotatable bonds is 9. The van der Waals surface area contributed by atoms with E-state index in [1.54, 1.807) is 6.07 Å². The summed E-state index contributed by atoms with van der Waals surface area (Å²) in [5, 5.41) is 34.4. The van der Waals surface area contributed by atoms with Crippen LogP contribution in [0.25, 0.3) is 6.08 Å². The SMILES string of the molecule is COC(=O)c1ccc(NC(=O)/C(C#N)=C/c2cc(Cl)c(Oc3ccc([N+](=O)[O-])cc3[N+](=O)[O-])c(OC)c2)cc1. The average molecular weight is 553 g/mol. The van der Waals surface area contributed by atoms with Crippen molar-refractivity contribution in [3.05, 3.63) is 96.5 Å². The number of halogens is 1. The van der Waals surface area contributed by atoms with Crippen LogP contribution in [0, 0.1) is 31.6 Å². The van der Waals surface area contributed by atoms with Crippen molar-refractivity contribution < 1.29 is 33.6 Å². The molecule has 1 amide bonds. The minimum absolute atomic E-state index is 0.00232. The fourth-order valence-electron chi connectivity index (χ4n) is 3.20. The summed E-state index contributed by atoms with van der Waals surface area (Å²) in [4.78, 5) is 45.0. The summed E-state index contributed by atoms with van der Waals surface area (Å²) in [5.74, 6) is -1.77. The van der Waals surface area contributed by atoms with Gasteiger partial charge in [0.05, 0.1) is 40.7 Å². The Hall–Kier alpha value is -5.48. The highest BCUT2D eigenvalue weighted by Gasteiger charge is 2.24. The van der Waals surface area contributed by atoms with Crippen molar-refractivity contribution in [1.82, 2.24) is 0 Å². The van der Waals surface area contributed by atoms with Crippen molar-refractivity contribution in [2.45, 2.75) is 0 Å². The van der Waals surface area contributed by atoms with Gasteiger partial charge < -0.3 is 19.5 Å². The lowest BCUT2D eigenvalue weighted by Gasteiger charge is -2.13. The number of carbonyl (C=O) groups is 2. The number of nitro groups is 2. The quantitative estimate of drug-likeness (QED) is 0.120. The van der Waals surface area contributed by atoms with E-state index in [0.29, 0.717) is 5.69 Å². The van der Waals surface area contributed by atoms with Crippen LogP contribution in [0.5, 0.6) is 17.2 Å². The Balaban J connectivity index is 1.90. The Morgan fingerprint density at radius 3 is 2.26 bits per heavy atom. The van der Waals surface area contributed by atoms with Crippen LogP contribution in [0.15, 0.2) is 60.2 Å². The maximum atomic E-state index is 12.7. The fraction of sp³-hybridized carbons (Fsp3) is 0.0800. The number of anilines is 1. The third-order valence-corrected chi connectivity index (χ3v) is 5.33. The van der Waals surface area contributed by atoms with E-state index in [4.69, 9.17) is 21.1 Å². The molecule has 0 saturated carbocycles. The molecule has 13 nitrogen and oxygen atoms in total. The molecule has 39 heavy (non-hydrogen) atoms. The van der Waals surface area contributed by atoms with E-state index in [1.165, 1.54) is 56.7 Å². The maximum Gasteiger partial charge on any atom is 0.337 e. The summed E-state index contributed by atoms with van der Waals surface area (Å²) >= 11 is 6.33. The second-order valence-corrected chi connectivity index (χ2v) is 7.90. The van der Waals surface area contributed by atoms with Crippen LogP contribution in [0.3, 0.4) is 0 Å². The number of hydrogen-bond acceptors (Lipinski definition) is 10. The van der Waals surface area contributed by atoms with E-state index < -0.39 is 33.1 Å². The molecular weight excluding hydrogens is 536 g/mol. The van der Waals surface area contributed by atoms with Crippen LogP contribution in [-0.2, 0) is 9.53 Å². The van der Waals surface area contributed by atoms with Gasteiger partial charge in [0.2, 0.25) is 5.75 Å². The van der Waals surface area contributed by atoms with Gasteiger partial charge >= 0.3 is 11.7 Å². The minimum Gasteiger partial charge on any atom is -0.493 e. The highest BCUT2D eigenvalue weighted by molar-refractivity contribution is 6.32. The Kier molecular flexibility index (Phi) is 8.77. The number of benzene rings is 3. The maximum absolute atomic E-state index is 12.7. The van der Waals surface area contributed by atoms with Gasteiger partial charge in [0.15, 0.2) is 11.5 Å². The fourth-order valence-corrected chi connectivity index (χ4v) is 3.46. The Morgan fingerprint density at radius 2 is 1.69 bits per heavy atom. The summed E-state index contributed by atoms with van der Waals surface area (Å²) in [5.41, 5.74) is -0.629. The summed E-state index contributed by atoms with van der Waals surface area (Å²) in [7, 11) is 2.51. The van der Waals surface area contributed by atoms with Crippen LogP contribution in [0.2, 0.25) is 5.02 Å². The van der Waals surface area contributed by atoms with Gasteiger partial charge in [0, 0.05) is 11.8 Å². The largest absolute Gasteiger partial charge is 0.493 e. The molecule has 0 fully saturated rings. The number of nitro benzene ring substituents is 2. The second-order valence-electron chi connectivity index (χ2n) is 7.50. The Morgan fingerprint density at radius 1 is 1.00 bits per heavy atom. The van der Waals surface area contributed by atoms with Crippen molar-refractivity contribution in [3.8, 4) is 23.3 Å². The molecule has 3 aromatic rings. The third kappa shape index (κ3) is 6.64. The van der Waals surface area contributed by atoms with Crippen molar-refractivity contribution in [2.24, 2.45) is 0 Å². The molecule has 0 aromatic heterocycles. The van der Waals surface area contributed by atoms with Gasteiger partial charge in [-0.05, 0) is 54.1 Å². The van der Waals surface area contributed by atoms with Gasteiger partial charge in [-0.3, -0.25) is 25.0 Å². The molecule has 14 heteroatoms. The van der Waals surface area contributed by atoms with Crippen molar-refractivity contribution in [1.29, 1.82) is 5.26 Å². The number of nitrogens with one attached hydrogen (secondary N) is 1. The number of nitrogens with zero attached hydrogens (tertiary/aromatic N) is 3. The van der Waals surface area contributed by atoms with Gasteiger partial charge in [-0.1, -0.05) is 11.6 Å². The lowest BCUT2D eigenvalue weighted by Crippen LogP contribution is -2.13. The van der Waals surface area contributed by atoms with Gasteiger partial charge in [-0.2, -0.15) is 5.26 Å². The number of hydrogen-bond donors (Lipinski definition) is 1. The van der Waals surface area contributed by atoms with Crippen molar-refractivity contribution in [2.75, 3.05) is 19.5 Å². The third-order valence-electron chi connectivity index (χ3n) is 5.05. The van der Waals surface area contributed by atoms with E-state index in [-0.39, 0.29) is 39.0 Å². The summed E-state index contributed by atoms with van der Waals surface area (Å²) < 4.78 is 15.5. The first kappa shape index (κ1) is 28.1. The molecule has 0 radical (unpaired) electrons. The minimum atomic E-state index is -0.847. The predicted octanol–water partition coefficient (Wildman–Crippen LogP) is 5.29. The highest BCUT2D eigenvalue weighted by Crippen LogP contribution is 2.43.